The minimum absolute atomic E-state index is 0.0469. The minimum atomic E-state index is 0.0469. The van der Waals surface area contributed by atoms with Gasteiger partial charge in [0, 0.05) is 35.1 Å². The van der Waals surface area contributed by atoms with Gasteiger partial charge in [-0.2, -0.15) is 0 Å². The fourth-order valence-electron chi connectivity index (χ4n) is 1.94. The van der Waals surface area contributed by atoms with Crippen LogP contribution in [0.5, 0.6) is 0 Å². The van der Waals surface area contributed by atoms with Crippen molar-refractivity contribution >= 4 is 17.0 Å². The maximum Gasteiger partial charge on any atom is 0.250 e. The molecule has 0 atom stereocenters. The summed E-state index contributed by atoms with van der Waals surface area (Å²) in [5, 5.41) is 3.36. The van der Waals surface area contributed by atoms with Crippen molar-refractivity contribution in [3.05, 3.63) is 50.1 Å². The van der Waals surface area contributed by atoms with Crippen molar-refractivity contribution in [1.82, 2.24) is 4.57 Å². The summed E-state index contributed by atoms with van der Waals surface area (Å²) in [6.07, 6.45) is 1.87. The van der Waals surface area contributed by atoms with Crippen LogP contribution < -0.4 is 10.9 Å². The Labute approximate surface area is 111 Å². The molecule has 2 heterocycles. The number of pyridine rings is 1. The highest BCUT2D eigenvalue weighted by molar-refractivity contribution is 7.12. The standard InChI is InChI=1S/C14H18N2OS/c1-4-16-9-13(5-6-14(16)17)15-8-12-7-10(2)18-11(12)3/h5-7,9,15H,4,8H2,1-3H3. The third kappa shape index (κ3) is 2.82. The Morgan fingerprint density at radius 1 is 1.33 bits per heavy atom. The maximum atomic E-state index is 11.5. The number of nitrogens with zero attached hydrogens (tertiary/aromatic N) is 1. The molecule has 18 heavy (non-hydrogen) atoms. The van der Waals surface area contributed by atoms with E-state index in [1.54, 1.807) is 10.6 Å². The lowest BCUT2D eigenvalue weighted by Crippen LogP contribution is -2.17. The zero-order valence-electron chi connectivity index (χ0n) is 11.0. The second-order valence-corrected chi connectivity index (χ2v) is 5.79. The van der Waals surface area contributed by atoms with Gasteiger partial charge < -0.3 is 9.88 Å². The van der Waals surface area contributed by atoms with Gasteiger partial charge in [-0.25, -0.2) is 0 Å². The van der Waals surface area contributed by atoms with E-state index in [1.807, 2.05) is 30.5 Å². The van der Waals surface area contributed by atoms with Gasteiger partial charge in [0.2, 0.25) is 0 Å². The monoisotopic (exact) mass is 262 g/mol. The van der Waals surface area contributed by atoms with Crippen LogP contribution >= 0.6 is 11.3 Å². The lowest BCUT2D eigenvalue weighted by molar-refractivity contribution is 0.727. The summed E-state index contributed by atoms with van der Waals surface area (Å²) in [5.74, 6) is 0. The van der Waals surface area contributed by atoms with Gasteiger partial charge in [0.1, 0.15) is 0 Å². The summed E-state index contributed by atoms with van der Waals surface area (Å²) >= 11 is 1.82. The number of aryl methyl sites for hydroxylation is 3. The van der Waals surface area contributed by atoms with Gasteiger partial charge in [-0.1, -0.05) is 0 Å². The first-order chi connectivity index (χ1) is 8.60. The molecule has 1 N–H and O–H groups in total. The second-order valence-electron chi connectivity index (χ2n) is 4.33. The topological polar surface area (TPSA) is 34.0 Å². The number of thiophene rings is 1. The molecule has 2 rings (SSSR count). The molecule has 0 unspecified atom stereocenters. The summed E-state index contributed by atoms with van der Waals surface area (Å²) in [6.45, 7) is 7.74. The summed E-state index contributed by atoms with van der Waals surface area (Å²) < 4.78 is 1.70. The van der Waals surface area contributed by atoms with Crippen LogP contribution in [-0.4, -0.2) is 4.57 Å². The smallest absolute Gasteiger partial charge is 0.250 e. The summed E-state index contributed by atoms with van der Waals surface area (Å²) in [5.41, 5.74) is 2.36. The number of hydrogen-bond donors (Lipinski definition) is 1. The molecule has 2 aromatic heterocycles. The molecule has 0 aliphatic carbocycles. The zero-order valence-corrected chi connectivity index (χ0v) is 11.8. The molecule has 0 radical (unpaired) electrons. The van der Waals surface area contributed by atoms with E-state index in [4.69, 9.17) is 0 Å². The van der Waals surface area contributed by atoms with Crippen molar-refractivity contribution in [2.24, 2.45) is 0 Å². The van der Waals surface area contributed by atoms with E-state index in [-0.39, 0.29) is 5.56 Å². The summed E-state index contributed by atoms with van der Waals surface area (Å²) in [4.78, 5) is 14.2. The average Bonchev–Trinajstić information content (AvgIpc) is 2.67. The molecule has 0 amide bonds. The Hall–Kier alpha value is -1.55. The van der Waals surface area contributed by atoms with Crippen LogP contribution in [0.4, 0.5) is 5.69 Å². The van der Waals surface area contributed by atoms with Crippen LogP contribution in [0, 0.1) is 13.8 Å². The van der Waals surface area contributed by atoms with Crippen LogP contribution in [0.3, 0.4) is 0 Å². The fourth-order valence-corrected chi connectivity index (χ4v) is 2.89. The fraction of sp³-hybridized carbons (Fsp3) is 0.357. The van der Waals surface area contributed by atoms with Crippen LogP contribution in [0.2, 0.25) is 0 Å². The van der Waals surface area contributed by atoms with E-state index in [0.29, 0.717) is 6.54 Å². The van der Waals surface area contributed by atoms with Crippen LogP contribution in [0.1, 0.15) is 22.2 Å². The first-order valence-corrected chi connectivity index (χ1v) is 6.92. The van der Waals surface area contributed by atoms with E-state index in [1.165, 1.54) is 15.3 Å². The highest BCUT2D eigenvalue weighted by Crippen LogP contribution is 2.21. The lowest BCUT2D eigenvalue weighted by Gasteiger charge is -2.08. The molecule has 0 fully saturated rings. The van der Waals surface area contributed by atoms with Crippen molar-refractivity contribution < 1.29 is 0 Å². The highest BCUT2D eigenvalue weighted by atomic mass is 32.1. The zero-order chi connectivity index (χ0) is 13.1. The quantitative estimate of drug-likeness (QED) is 0.918. The molecule has 3 nitrogen and oxygen atoms in total. The van der Waals surface area contributed by atoms with E-state index in [0.717, 1.165) is 12.2 Å². The molecule has 0 aromatic carbocycles. The van der Waals surface area contributed by atoms with Crippen LogP contribution in [-0.2, 0) is 13.1 Å². The first kappa shape index (κ1) is 12.9. The van der Waals surface area contributed by atoms with Crippen LogP contribution in [0.15, 0.2) is 29.2 Å². The molecular formula is C14H18N2OS. The molecule has 96 valence electrons. The van der Waals surface area contributed by atoms with Crippen molar-refractivity contribution in [2.75, 3.05) is 5.32 Å². The largest absolute Gasteiger partial charge is 0.380 e. The molecule has 0 bridgehead atoms. The number of nitrogens with one attached hydrogen (secondary N) is 1. The Morgan fingerprint density at radius 3 is 2.72 bits per heavy atom. The normalized spacial score (nSPS) is 10.6. The van der Waals surface area contributed by atoms with Crippen molar-refractivity contribution in [3.63, 3.8) is 0 Å². The predicted octanol–water partition coefficient (Wildman–Crippen LogP) is 3.16. The third-order valence-electron chi connectivity index (χ3n) is 2.95. The van der Waals surface area contributed by atoms with Crippen molar-refractivity contribution in [2.45, 2.75) is 33.9 Å². The van der Waals surface area contributed by atoms with Gasteiger partial charge in [-0.3, -0.25) is 4.79 Å². The summed E-state index contributed by atoms with van der Waals surface area (Å²) in [6, 6.07) is 5.66. The number of aromatic nitrogens is 1. The van der Waals surface area contributed by atoms with Gasteiger partial charge in [-0.15, -0.1) is 11.3 Å². The minimum Gasteiger partial charge on any atom is -0.380 e. The molecule has 0 saturated heterocycles. The first-order valence-electron chi connectivity index (χ1n) is 6.10. The lowest BCUT2D eigenvalue weighted by atomic mass is 10.2. The molecule has 0 aliphatic rings. The molecule has 4 heteroatoms. The SMILES string of the molecule is CCn1cc(NCc2cc(C)sc2C)ccc1=O. The number of hydrogen-bond acceptors (Lipinski definition) is 3. The van der Waals surface area contributed by atoms with Crippen molar-refractivity contribution in [3.8, 4) is 0 Å². The van der Waals surface area contributed by atoms with E-state index >= 15 is 0 Å². The Morgan fingerprint density at radius 2 is 2.11 bits per heavy atom. The maximum absolute atomic E-state index is 11.5. The molecule has 0 saturated carbocycles. The number of rotatable bonds is 4. The van der Waals surface area contributed by atoms with Gasteiger partial charge in [-0.05, 0) is 38.5 Å². The second kappa shape index (κ2) is 5.40. The Kier molecular flexibility index (Phi) is 3.87. The van der Waals surface area contributed by atoms with Gasteiger partial charge in [0.25, 0.3) is 5.56 Å². The van der Waals surface area contributed by atoms with E-state index < -0.39 is 0 Å². The number of anilines is 1. The average molecular weight is 262 g/mol. The van der Waals surface area contributed by atoms with Crippen molar-refractivity contribution in [1.29, 1.82) is 0 Å². The molecule has 0 spiro atoms. The van der Waals surface area contributed by atoms with Gasteiger partial charge in [0.15, 0.2) is 0 Å². The molecular weight excluding hydrogens is 244 g/mol. The van der Waals surface area contributed by atoms with Crippen LogP contribution in [0.25, 0.3) is 0 Å². The molecule has 0 aliphatic heterocycles. The highest BCUT2D eigenvalue weighted by Gasteiger charge is 2.03. The van der Waals surface area contributed by atoms with E-state index in [2.05, 4.69) is 25.2 Å². The third-order valence-corrected chi connectivity index (χ3v) is 3.96. The summed E-state index contributed by atoms with van der Waals surface area (Å²) in [7, 11) is 0. The Balaban J connectivity index is 2.11. The molecule has 2 aromatic rings. The predicted molar refractivity (Wildman–Crippen MR) is 77.5 cm³/mol. The van der Waals surface area contributed by atoms with Gasteiger partial charge >= 0.3 is 0 Å². The van der Waals surface area contributed by atoms with E-state index in [9.17, 15) is 4.79 Å². The Bertz CT molecular complexity index is 598. The van der Waals surface area contributed by atoms with Gasteiger partial charge in [0.05, 0.1) is 5.69 Å².